The predicted octanol–water partition coefficient (Wildman–Crippen LogP) is 1.58. The number of halogens is 1. The molecule has 0 aliphatic heterocycles. The molecule has 2 rings (SSSR count). The van der Waals surface area contributed by atoms with E-state index in [4.69, 9.17) is 6.42 Å². The summed E-state index contributed by atoms with van der Waals surface area (Å²) in [5.74, 6) is 1.95. The van der Waals surface area contributed by atoms with Crippen LogP contribution < -0.4 is 5.32 Å². The minimum Gasteiger partial charge on any atom is -0.316 e. The Labute approximate surface area is 125 Å². The van der Waals surface area contributed by atoms with Gasteiger partial charge in [0.1, 0.15) is 10.7 Å². The lowest BCUT2D eigenvalue weighted by molar-refractivity contribution is 0.425. The molecule has 1 aliphatic carbocycles. The molecule has 0 amide bonds. The van der Waals surface area contributed by atoms with Gasteiger partial charge in [-0.2, -0.15) is 4.31 Å². The fourth-order valence-corrected chi connectivity index (χ4v) is 3.68. The molecule has 21 heavy (non-hydrogen) atoms. The maximum atomic E-state index is 14.0. The molecule has 0 radical (unpaired) electrons. The van der Waals surface area contributed by atoms with Gasteiger partial charge < -0.3 is 5.32 Å². The van der Waals surface area contributed by atoms with Gasteiger partial charge in [-0.05, 0) is 43.5 Å². The summed E-state index contributed by atoms with van der Waals surface area (Å²) in [5, 5.41) is 2.92. The number of benzene rings is 1. The molecule has 114 valence electrons. The molecule has 1 fully saturated rings. The molecule has 1 aliphatic rings. The molecule has 0 saturated heterocycles. The van der Waals surface area contributed by atoms with Crippen LogP contribution in [0.3, 0.4) is 0 Å². The highest BCUT2D eigenvalue weighted by Crippen LogP contribution is 2.32. The van der Waals surface area contributed by atoms with E-state index in [9.17, 15) is 12.8 Å². The largest absolute Gasteiger partial charge is 0.316 e. The van der Waals surface area contributed by atoms with Crippen LogP contribution in [0.5, 0.6) is 0 Å². The molecule has 0 spiro atoms. The van der Waals surface area contributed by atoms with Gasteiger partial charge in [0, 0.05) is 13.1 Å². The minimum absolute atomic E-state index is 0.0332. The van der Waals surface area contributed by atoms with Crippen LogP contribution in [0.25, 0.3) is 0 Å². The van der Waals surface area contributed by atoms with E-state index in [-0.39, 0.29) is 11.4 Å². The Bertz CT molecular complexity index is 648. The van der Waals surface area contributed by atoms with Crippen molar-refractivity contribution < 1.29 is 12.8 Å². The van der Waals surface area contributed by atoms with E-state index in [1.165, 1.54) is 16.4 Å². The molecule has 0 bridgehead atoms. The molecular formula is C15H19FN2O2S. The molecule has 1 aromatic rings. The average molecular weight is 310 g/mol. The van der Waals surface area contributed by atoms with Gasteiger partial charge in [0.05, 0.1) is 6.54 Å². The molecule has 0 unspecified atom stereocenters. The van der Waals surface area contributed by atoms with E-state index >= 15 is 0 Å². The number of hydrogen-bond donors (Lipinski definition) is 1. The predicted molar refractivity (Wildman–Crippen MR) is 79.5 cm³/mol. The van der Waals surface area contributed by atoms with E-state index in [0.717, 1.165) is 12.8 Å². The SMILES string of the molecule is C#CCN(CC1CC1)S(=O)(=O)c1cc(CNC)ccc1F. The van der Waals surface area contributed by atoms with E-state index in [0.29, 0.717) is 24.6 Å². The Balaban J connectivity index is 2.35. The zero-order chi connectivity index (χ0) is 15.5. The van der Waals surface area contributed by atoms with Crippen LogP contribution in [0.2, 0.25) is 0 Å². The molecule has 4 nitrogen and oxygen atoms in total. The Morgan fingerprint density at radius 2 is 2.19 bits per heavy atom. The van der Waals surface area contributed by atoms with Crippen LogP contribution in [0, 0.1) is 24.1 Å². The number of nitrogens with one attached hydrogen (secondary N) is 1. The Morgan fingerprint density at radius 1 is 1.48 bits per heavy atom. The molecule has 6 heteroatoms. The third-order valence-corrected chi connectivity index (χ3v) is 5.25. The van der Waals surface area contributed by atoms with Crippen molar-refractivity contribution in [2.45, 2.75) is 24.3 Å². The number of sulfonamides is 1. The Morgan fingerprint density at radius 3 is 2.76 bits per heavy atom. The second-order valence-electron chi connectivity index (χ2n) is 5.24. The maximum absolute atomic E-state index is 14.0. The number of terminal acetylenes is 1. The van der Waals surface area contributed by atoms with Crippen LogP contribution in [0.1, 0.15) is 18.4 Å². The van der Waals surface area contributed by atoms with Gasteiger partial charge in [-0.15, -0.1) is 6.42 Å². The Kier molecular flexibility index (Phi) is 4.99. The van der Waals surface area contributed by atoms with E-state index in [1.807, 2.05) is 0 Å². The average Bonchev–Trinajstić information content (AvgIpc) is 3.24. The van der Waals surface area contributed by atoms with Crippen molar-refractivity contribution in [3.05, 3.63) is 29.6 Å². The lowest BCUT2D eigenvalue weighted by Crippen LogP contribution is -2.34. The lowest BCUT2D eigenvalue weighted by atomic mass is 10.2. The summed E-state index contributed by atoms with van der Waals surface area (Å²) in [6, 6.07) is 4.12. The van der Waals surface area contributed by atoms with Crippen molar-refractivity contribution in [2.24, 2.45) is 5.92 Å². The van der Waals surface area contributed by atoms with Gasteiger partial charge in [0.25, 0.3) is 0 Å². The topological polar surface area (TPSA) is 49.4 Å². The van der Waals surface area contributed by atoms with Gasteiger partial charge in [0.2, 0.25) is 10.0 Å². The highest BCUT2D eigenvalue weighted by molar-refractivity contribution is 7.89. The lowest BCUT2D eigenvalue weighted by Gasteiger charge is -2.20. The van der Waals surface area contributed by atoms with Crippen LogP contribution in [-0.2, 0) is 16.6 Å². The van der Waals surface area contributed by atoms with Crippen molar-refractivity contribution in [3.63, 3.8) is 0 Å². The minimum atomic E-state index is -3.90. The van der Waals surface area contributed by atoms with Crippen molar-refractivity contribution in [1.82, 2.24) is 9.62 Å². The van der Waals surface area contributed by atoms with Gasteiger partial charge in [-0.25, -0.2) is 12.8 Å². The summed E-state index contributed by atoms with van der Waals surface area (Å²) < 4.78 is 40.4. The molecule has 1 aromatic carbocycles. The van der Waals surface area contributed by atoms with Crippen molar-refractivity contribution in [3.8, 4) is 12.3 Å². The van der Waals surface area contributed by atoms with Gasteiger partial charge in [0.15, 0.2) is 0 Å². The summed E-state index contributed by atoms with van der Waals surface area (Å²) in [4.78, 5) is -0.300. The highest BCUT2D eigenvalue weighted by atomic mass is 32.2. The summed E-state index contributed by atoms with van der Waals surface area (Å²) in [7, 11) is -2.16. The zero-order valence-corrected chi connectivity index (χ0v) is 12.8. The Hall–Kier alpha value is -1.42. The first-order valence-corrected chi connectivity index (χ1v) is 8.29. The molecular weight excluding hydrogens is 291 g/mol. The zero-order valence-electron chi connectivity index (χ0n) is 12.0. The van der Waals surface area contributed by atoms with Crippen LogP contribution >= 0.6 is 0 Å². The second kappa shape index (κ2) is 6.56. The van der Waals surface area contributed by atoms with Crippen molar-refractivity contribution in [1.29, 1.82) is 0 Å². The van der Waals surface area contributed by atoms with Gasteiger partial charge in [-0.3, -0.25) is 0 Å². The van der Waals surface area contributed by atoms with Gasteiger partial charge >= 0.3 is 0 Å². The fraction of sp³-hybridized carbons (Fsp3) is 0.467. The quantitative estimate of drug-likeness (QED) is 0.778. The summed E-state index contributed by atoms with van der Waals surface area (Å²) >= 11 is 0. The molecule has 0 aromatic heterocycles. The maximum Gasteiger partial charge on any atom is 0.246 e. The summed E-state index contributed by atoms with van der Waals surface area (Å²) in [5.41, 5.74) is 0.713. The number of nitrogens with zero attached hydrogens (tertiary/aromatic N) is 1. The molecule has 1 N–H and O–H groups in total. The first-order valence-electron chi connectivity index (χ1n) is 6.85. The summed E-state index contributed by atoms with van der Waals surface area (Å²) in [6.07, 6.45) is 7.25. The van der Waals surface area contributed by atoms with E-state index in [2.05, 4.69) is 11.2 Å². The fourth-order valence-electron chi connectivity index (χ4n) is 2.14. The number of hydrogen-bond acceptors (Lipinski definition) is 3. The number of rotatable bonds is 7. The van der Waals surface area contributed by atoms with Crippen LogP contribution in [0.4, 0.5) is 4.39 Å². The normalized spacial score (nSPS) is 15.1. The van der Waals surface area contributed by atoms with E-state index in [1.54, 1.807) is 13.1 Å². The molecule has 0 heterocycles. The molecule has 0 atom stereocenters. The highest BCUT2D eigenvalue weighted by Gasteiger charge is 2.32. The first kappa shape index (κ1) is 16.0. The molecule has 1 saturated carbocycles. The third-order valence-electron chi connectivity index (χ3n) is 3.42. The monoisotopic (exact) mass is 310 g/mol. The van der Waals surface area contributed by atoms with E-state index < -0.39 is 15.8 Å². The standard InChI is InChI=1S/C15H19FN2O2S/c1-3-8-18(11-12-4-5-12)21(19,20)15-9-13(10-17-2)6-7-14(15)16/h1,6-7,9,12,17H,4-5,8,10-11H2,2H3. The van der Waals surface area contributed by atoms with Crippen molar-refractivity contribution in [2.75, 3.05) is 20.1 Å². The van der Waals surface area contributed by atoms with Crippen LogP contribution in [0.15, 0.2) is 23.1 Å². The van der Waals surface area contributed by atoms with Crippen molar-refractivity contribution >= 4 is 10.0 Å². The third kappa shape index (κ3) is 3.82. The first-order chi connectivity index (χ1) is 9.98. The van der Waals surface area contributed by atoms with Gasteiger partial charge in [-0.1, -0.05) is 12.0 Å². The smallest absolute Gasteiger partial charge is 0.246 e. The second-order valence-corrected chi connectivity index (χ2v) is 7.15. The summed E-state index contributed by atoms with van der Waals surface area (Å²) in [6.45, 7) is 0.803. The van der Waals surface area contributed by atoms with Crippen LogP contribution in [-0.4, -0.2) is 32.9 Å².